The van der Waals surface area contributed by atoms with Crippen LogP contribution in [0.2, 0.25) is 0 Å². The summed E-state index contributed by atoms with van der Waals surface area (Å²) in [4.78, 5) is 42.3. The Morgan fingerprint density at radius 3 is 1.70 bits per heavy atom. The first-order chi connectivity index (χ1) is 24.6. The van der Waals surface area contributed by atoms with Crippen molar-refractivity contribution in [3.05, 3.63) is 131 Å². The Hall–Kier alpha value is -4.66. The third-order valence-electron chi connectivity index (χ3n) is 10.1. The van der Waals surface area contributed by atoms with Crippen LogP contribution in [0, 0.1) is 0 Å². The van der Waals surface area contributed by atoms with Crippen molar-refractivity contribution >= 4 is 34.5 Å². The minimum absolute atomic E-state index is 0.0546. The molecule has 2 atom stereocenters. The lowest BCUT2D eigenvalue weighted by atomic mass is 10.0. The second-order valence-electron chi connectivity index (χ2n) is 13.4. The van der Waals surface area contributed by atoms with Gasteiger partial charge in [0.25, 0.3) is 0 Å². The fraction of sp³-hybridized carbons (Fsp3) is 0.286. The van der Waals surface area contributed by atoms with E-state index >= 15 is 0 Å². The number of aromatic nitrogens is 2. The smallest absolute Gasteiger partial charge is 0.227 e. The van der Waals surface area contributed by atoms with Crippen molar-refractivity contribution < 1.29 is 9.59 Å². The molecule has 2 aliphatic heterocycles. The lowest BCUT2D eigenvalue weighted by molar-refractivity contribution is -0.132. The second-order valence-corrected chi connectivity index (χ2v) is 15.5. The van der Waals surface area contributed by atoms with Crippen molar-refractivity contribution in [3.63, 3.8) is 0 Å². The minimum Gasteiger partial charge on any atom is -0.333 e. The topological polar surface area (TPSA) is 66.4 Å². The van der Waals surface area contributed by atoms with Gasteiger partial charge in [-0.3, -0.25) is 9.59 Å². The average molecular weight is 697 g/mol. The van der Waals surface area contributed by atoms with E-state index in [1.165, 1.54) is 5.57 Å². The van der Waals surface area contributed by atoms with E-state index in [0.29, 0.717) is 12.8 Å². The first-order valence-electron chi connectivity index (χ1n) is 17.7. The van der Waals surface area contributed by atoms with Gasteiger partial charge in [0, 0.05) is 31.9 Å². The molecule has 0 spiro atoms. The van der Waals surface area contributed by atoms with E-state index in [-0.39, 0.29) is 23.9 Å². The molecule has 5 aromatic rings. The van der Waals surface area contributed by atoms with Gasteiger partial charge >= 0.3 is 0 Å². The number of rotatable bonds is 9. The summed E-state index contributed by atoms with van der Waals surface area (Å²) in [6, 6.07) is 27.5. The Morgan fingerprint density at radius 2 is 1.18 bits per heavy atom. The molecule has 2 fully saturated rings. The van der Waals surface area contributed by atoms with Gasteiger partial charge in [0.1, 0.15) is 10.0 Å². The van der Waals surface area contributed by atoms with Crippen LogP contribution in [-0.2, 0) is 16.0 Å². The number of hydrogen-bond acceptors (Lipinski definition) is 6. The molecule has 2 aromatic heterocycles. The van der Waals surface area contributed by atoms with Crippen LogP contribution in [0.4, 0.5) is 0 Å². The second kappa shape index (κ2) is 14.7. The Balaban J connectivity index is 0.907. The summed E-state index contributed by atoms with van der Waals surface area (Å²) < 4.78 is 0. The molecular formula is C42H40N4O2S2. The molecule has 4 heterocycles. The highest BCUT2D eigenvalue weighted by Gasteiger charge is 2.33. The van der Waals surface area contributed by atoms with Crippen LogP contribution in [0.15, 0.2) is 115 Å². The quantitative estimate of drug-likeness (QED) is 0.154. The number of hydrogen-bond donors (Lipinski definition) is 0. The third kappa shape index (κ3) is 7.00. The number of amides is 2. The van der Waals surface area contributed by atoms with Crippen molar-refractivity contribution in [1.29, 1.82) is 0 Å². The molecule has 2 amide bonds. The highest BCUT2D eigenvalue weighted by atomic mass is 32.1. The van der Waals surface area contributed by atoms with Crippen LogP contribution in [0.3, 0.4) is 0 Å². The normalized spacial score (nSPS) is 18.8. The van der Waals surface area contributed by atoms with E-state index in [4.69, 9.17) is 9.97 Å². The number of benzene rings is 3. The van der Waals surface area contributed by atoms with E-state index in [9.17, 15) is 9.59 Å². The Bertz CT molecular complexity index is 2030. The highest BCUT2D eigenvalue weighted by molar-refractivity contribution is 7.15. The maximum absolute atomic E-state index is 13.2. The van der Waals surface area contributed by atoms with E-state index in [1.807, 2.05) is 47.6 Å². The number of likely N-dealkylation sites (tertiary alicyclic amines) is 2. The molecule has 0 radical (unpaired) electrons. The predicted molar refractivity (Wildman–Crippen MR) is 203 cm³/mol. The first-order valence-corrected chi connectivity index (χ1v) is 19.3. The van der Waals surface area contributed by atoms with Gasteiger partial charge in [-0.2, -0.15) is 0 Å². The molecule has 8 heteroatoms. The van der Waals surface area contributed by atoms with Crippen molar-refractivity contribution in [2.75, 3.05) is 13.1 Å². The lowest BCUT2D eigenvalue weighted by Gasteiger charge is -2.24. The SMILES string of the molecule is O=C(CC1=CC=CCC1)N1CCC[C@H]1c1ncc(-c2ccc(-c3ccc(-c4cnc([C@@H]5CCCN5C(=O)Cc5ccccc5)s4)cc3)cc2)s1. The van der Waals surface area contributed by atoms with E-state index in [0.717, 1.165) is 99.2 Å². The average Bonchev–Trinajstić information content (AvgIpc) is 3.99. The summed E-state index contributed by atoms with van der Waals surface area (Å²) in [5.41, 5.74) is 6.88. The van der Waals surface area contributed by atoms with Crippen LogP contribution >= 0.6 is 22.7 Å². The maximum atomic E-state index is 13.2. The molecule has 1 aliphatic carbocycles. The van der Waals surface area contributed by atoms with Gasteiger partial charge in [0.05, 0.1) is 28.3 Å². The number of carbonyl (C=O) groups is 2. The van der Waals surface area contributed by atoms with Crippen LogP contribution in [-0.4, -0.2) is 44.7 Å². The minimum atomic E-state index is 0.0546. The molecule has 0 N–H and O–H groups in total. The molecule has 0 saturated carbocycles. The Morgan fingerprint density at radius 1 is 0.660 bits per heavy atom. The lowest BCUT2D eigenvalue weighted by Crippen LogP contribution is -2.31. The number of thiazole rings is 2. The molecule has 3 aromatic carbocycles. The Kier molecular flexibility index (Phi) is 9.55. The van der Waals surface area contributed by atoms with Gasteiger partial charge in [-0.25, -0.2) is 9.97 Å². The van der Waals surface area contributed by atoms with Gasteiger partial charge in [0.2, 0.25) is 11.8 Å². The largest absolute Gasteiger partial charge is 0.333 e. The van der Waals surface area contributed by atoms with Crippen molar-refractivity contribution in [3.8, 4) is 32.0 Å². The third-order valence-corrected chi connectivity index (χ3v) is 12.4. The molecule has 0 unspecified atom stereocenters. The van der Waals surface area contributed by atoms with Crippen LogP contribution in [0.25, 0.3) is 32.0 Å². The zero-order valence-corrected chi connectivity index (χ0v) is 29.7. The van der Waals surface area contributed by atoms with Gasteiger partial charge in [-0.05, 0) is 66.3 Å². The summed E-state index contributed by atoms with van der Waals surface area (Å²) in [5, 5.41) is 2.06. The summed E-state index contributed by atoms with van der Waals surface area (Å²) in [6.45, 7) is 1.61. The first kappa shape index (κ1) is 32.5. The molecule has 252 valence electrons. The number of nitrogens with zero attached hydrogens (tertiary/aromatic N) is 4. The summed E-state index contributed by atoms with van der Waals surface area (Å²) in [7, 11) is 0. The van der Waals surface area contributed by atoms with E-state index < -0.39 is 0 Å². The molecule has 50 heavy (non-hydrogen) atoms. The zero-order valence-electron chi connectivity index (χ0n) is 28.0. The van der Waals surface area contributed by atoms with Gasteiger partial charge in [-0.15, -0.1) is 22.7 Å². The van der Waals surface area contributed by atoms with Gasteiger partial charge in [-0.1, -0.05) is 103 Å². The van der Waals surface area contributed by atoms with Crippen LogP contribution in [0.1, 0.15) is 72.6 Å². The monoisotopic (exact) mass is 696 g/mol. The number of carbonyl (C=O) groups excluding carboxylic acids is 2. The van der Waals surface area contributed by atoms with Crippen molar-refractivity contribution in [2.45, 2.75) is 63.5 Å². The Labute approximate surface area is 301 Å². The van der Waals surface area contributed by atoms with E-state index in [2.05, 4.69) is 71.7 Å². The van der Waals surface area contributed by atoms with Crippen LogP contribution in [0.5, 0.6) is 0 Å². The summed E-state index contributed by atoms with van der Waals surface area (Å²) in [6.07, 6.45) is 17.2. The summed E-state index contributed by atoms with van der Waals surface area (Å²) >= 11 is 3.40. The van der Waals surface area contributed by atoms with Gasteiger partial charge in [0.15, 0.2) is 0 Å². The molecule has 8 rings (SSSR count). The predicted octanol–water partition coefficient (Wildman–Crippen LogP) is 9.84. The molecule has 6 nitrogen and oxygen atoms in total. The van der Waals surface area contributed by atoms with Crippen LogP contribution < -0.4 is 0 Å². The highest BCUT2D eigenvalue weighted by Crippen LogP contribution is 2.40. The van der Waals surface area contributed by atoms with Crippen molar-refractivity contribution in [1.82, 2.24) is 19.8 Å². The number of allylic oxidation sites excluding steroid dienone is 3. The van der Waals surface area contributed by atoms with E-state index in [1.54, 1.807) is 22.7 Å². The molecular weight excluding hydrogens is 657 g/mol. The molecule has 0 bridgehead atoms. The maximum Gasteiger partial charge on any atom is 0.227 e. The fourth-order valence-corrected chi connectivity index (χ4v) is 9.56. The molecule has 2 saturated heterocycles. The van der Waals surface area contributed by atoms with Gasteiger partial charge < -0.3 is 9.80 Å². The summed E-state index contributed by atoms with van der Waals surface area (Å²) in [5.74, 6) is 0.401. The molecule has 3 aliphatic rings. The fourth-order valence-electron chi connectivity index (χ4n) is 7.42. The van der Waals surface area contributed by atoms with Crippen molar-refractivity contribution in [2.24, 2.45) is 0 Å². The zero-order chi connectivity index (χ0) is 33.9. The standard InChI is InChI=1S/C42H40N4O2S2/c47-39(25-29-9-3-1-4-10-29)45-23-7-13-35(45)41-43-27-37(49-41)33-19-15-31(16-20-33)32-17-21-34(22-18-32)38-28-44-42(50-38)36-14-8-24-46(36)40(48)26-30-11-5-2-6-12-30/h1-5,9-11,15-22,27-28,35-36H,6-8,12-14,23-26H2/t35-,36-/m0/s1.